The predicted molar refractivity (Wildman–Crippen MR) is 109 cm³/mol. The second kappa shape index (κ2) is 8.62. The van der Waals surface area contributed by atoms with Crippen LogP contribution in [-0.4, -0.2) is 42.4 Å². The minimum atomic E-state index is -3.56. The van der Waals surface area contributed by atoms with E-state index >= 15 is 0 Å². The van der Waals surface area contributed by atoms with Crippen molar-refractivity contribution < 1.29 is 27.5 Å². The van der Waals surface area contributed by atoms with E-state index in [-0.39, 0.29) is 30.5 Å². The third-order valence-corrected chi connectivity index (χ3v) is 5.11. The van der Waals surface area contributed by atoms with Crippen molar-refractivity contribution in [2.24, 2.45) is 5.10 Å². The zero-order valence-electron chi connectivity index (χ0n) is 16.1. The second-order valence-electron chi connectivity index (χ2n) is 6.84. The molecule has 2 N–H and O–H groups in total. The van der Waals surface area contributed by atoms with Gasteiger partial charge in [-0.25, -0.2) is 17.8 Å². The quantitative estimate of drug-likeness (QED) is 0.697. The van der Waals surface area contributed by atoms with Gasteiger partial charge in [0.2, 0.25) is 15.9 Å². The van der Waals surface area contributed by atoms with E-state index < -0.39 is 33.8 Å². The maximum Gasteiger partial charge on any atom is 0.303 e. The monoisotopic (exact) mass is 433 g/mol. The lowest BCUT2D eigenvalue weighted by Gasteiger charge is -2.22. The van der Waals surface area contributed by atoms with Gasteiger partial charge in [0.15, 0.2) is 0 Å². The Morgan fingerprint density at radius 2 is 1.83 bits per heavy atom. The number of carbonyl (C=O) groups is 2. The molecule has 2 aromatic rings. The molecule has 1 aliphatic heterocycles. The van der Waals surface area contributed by atoms with Crippen LogP contribution >= 0.6 is 0 Å². The molecule has 158 valence electrons. The molecule has 0 aliphatic carbocycles. The Kier molecular flexibility index (Phi) is 6.16. The molecule has 10 heteroatoms. The lowest BCUT2D eigenvalue weighted by atomic mass is 9.97. The molecule has 0 unspecified atom stereocenters. The van der Waals surface area contributed by atoms with Gasteiger partial charge in [-0.3, -0.25) is 14.3 Å². The highest BCUT2D eigenvalue weighted by Crippen LogP contribution is 2.36. The summed E-state index contributed by atoms with van der Waals surface area (Å²) in [6.45, 7) is 0. The van der Waals surface area contributed by atoms with E-state index in [1.807, 2.05) is 0 Å². The van der Waals surface area contributed by atoms with E-state index in [9.17, 15) is 22.4 Å². The van der Waals surface area contributed by atoms with Crippen LogP contribution in [0.15, 0.2) is 53.6 Å². The summed E-state index contributed by atoms with van der Waals surface area (Å²) in [5, 5.41) is 14.3. The minimum Gasteiger partial charge on any atom is -0.481 e. The SMILES string of the molecule is CS(=O)(=O)Nc1ccccc1C1=NN(C(=O)CCC(=O)O)[C@@H](c2ccccc2F)C1. The summed E-state index contributed by atoms with van der Waals surface area (Å²) in [5.41, 5.74) is 1.37. The Balaban J connectivity index is 2.01. The van der Waals surface area contributed by atoms with Crippen LogP contribution < -0.4 is 4.72 Å². The van der Waals surface area contributed by atoms with Crippen molar-refractivity contribution in [1.29, 1.82) is 0 Å². The summed E-state index contributed by atoms with van der Waals surface area (Å²) >= 11 is 0. The zero-order chi connectivity index (χ0) is 21.9. The van der Waals surface area contributed by atoms with Crippen LogP contribution in [0.4, 0.5) is 10.1 Å². The first-order valence-electron chi connectivity index (χ1n) is 9.08. The molecule has 8 nitrogen and oxygen atoms in total. The molecular weight excluding hydrogens is 413 g/mol. The van der Waals surface area contributed by atoms with Crippen molar-refractivity contribution >= 4 is 33.3 Å². The van der Waals surface area contributed by atoms with Gasteiger partial charge in [-0.1, -0.05) is 36.4 Å². The summed E-state index contributed by atoms with van der Waals surface area (Å²) < 4.78 is 40.3. The van der Waals surface area contributed by atoms with E-state index in [2.05, 4.69) is 9.82 Å². The maximum absolute atomic E-state index is 14.4. The van der Waals surface area contributed by atoms with Gasteiger partial charge >= 0.3 is 5.97 Å². The van der Waals surface area contributed by atoms with Crippen LogP contribution in [-0.2, 0) is 19.6 Å². The molecule has 2 aromatic carbocycles. The summed E-state index contributed by atoms with van der Waals surface area (Å²) in [5.74, 6) is -2.20. The largest absolute Gasteiger partial charge is 0.481 e. The number of halogens is 1. The fourth-order valence-corrected chi connectivity index (χ4v) is 3.82. The number of aliphatic carboxylic acids is 1. The van der Waals surface area contributed by atoms with Crippen molar-refractivity contribution in [3.63, 3.8) is 0 Å². The number of carbonyl (C=O) groups excluding carboxylic acids is 1. The molecule has 1 amide bonds. The van der Waals surface area contributed by atoms with Crippen molar-refractivity contribution in [2.45, 2.75) is 25.3 Å². The average Bonchev–Trinajstić information content (AvgIpc) is 3.10. The fraction of sp³-hybridized carbons (Fsp3) is 0.250. The molecule has 0 fully saturated rings. The number of anilines is 1. The number of hydrazone groups is 1. The Morgan fingerprint density at radius 3 is 2.50 bits per heavy atom. The molecule has 0 aromatic heterocycles. The third-order valence-electron chi connectivity index (χ3n) is 4.52. The van der Waals surface area contributed by atoms with E-state index in [0.29, 0.717) is 11.3 Å². The van der Waals surface area contributed by atoms with Crippen LogP contribution in [0.2, 0.25) is 0 Å². The third kappa shape index (κ3) is 5.01. The molecule has 1 heterocycles. The number of amides is 1. The van der Waals surface area contributed by atoms with Gasteiger partial charge in [0.1, 0.15) is 5.82 Å². The topological polar surface area (TPSA) is 116 Å². The molecular formula is C20H20FN3O5S. The molecule has 0 saturated carbocycles. The van der Waals surface area contributed by atoms with E-state index in [1.54, 1.807) is 30.3 Å². The highest BCUT2D eigenvalue weighted by atomic mass is 32.2. The number of nitrogens with one attached hydrogen (secondary N) is 1. The summed E-state index contributed by atoms with van der Waals surface area (Å²) in [7, 11) is -3.56. The number of carboxylic acid groups (broad SMARTS) is 1. The van der Waals surface area contributed by atoms with Crippen LogP contribution in [0.3, 0.4) is 0 Å². The molecule has 0 spiro atoms. The molecule has 1 atom stereocenters. The minimum absolute atomic E-state index is 0.141. The van der Waals surface area contributed by atoms with Gasteiger partial charge in [-0.15, -0.1) is 0 Å². The van der Waals surface area contributed by atoms with E-state index in [1.165, 1.54) is 18.2 Å². The number of nitrogens with zero attached hydrogens (tertiary/aromatic N) is 2. The van der Waals surface area contributed by atoms with Crippen LogP contribution in [0.5, 0.6) is 0 Å². The molecule has 1 aliphatic rings. The lowest BCUT2D eigenvalue weighted by molar-refractivity contribution is -0.141. The van der Waals surface area contributed by atoms with Gasteiger partial charge in [0, 0.05) is 24.0 Å². The smallest absolute Gasteiger partial charge is 0.303 e. The van der Waals surface area contributed by atoms with Gasteiger partial charge in [-0.2, -0.15) is 5.10 Å². The number of sulfonamides is 1. The van der Waals surface area contributed by atoms with E-state index in [4.69, 9.17) is 5.11 Å². The summed E-state index contributed by atoms with van der Waals surface area (Å²) in [4.78, 5) is 23.5. The number of hydrogen-bond donors (Lipinski definition) is 2. The standard InChI is InChI=1S/C20H20FN3O5S/c1-30(28,29)23-16-9-5-3-7-14(16)17-12-18(13-6-2-4-8-15(13)21)24(22-17)19(25)10-11-20(26)27/h2-9,18,23H,10-12H2,1H3,(H,26,27)/t18-/m1/s1. The van der Waals surface area contributed by atoms with Crippen LogP contribution in [0, 0.1) is 5.82 Å². The highest BCUT2D eigenvalue weighted by Gasteiger charge is 2.35. The number of carboxylic acids is 1. The average molecular weight is 433 g/mol. The van der Waals surface area contributed by atoms with Gasteiger partial charge in [0.05, 0.1) is 30.1 Å². The molecule has 3 rings (SSSR count). The first-order chi connectivity index (χ1) is 14.2. The summed E-state index contributed by atoms with van der Waals surface area (Å²) in [6.07, 6.45) is 0.489. The Hall–Kier alpha value is -3.27. The van der Waals surface area contributed by atoms with Gasteiger partial charge in [0.25, 0.3) is 0 Å². The molecule has 30 heavy (non-hydrogen) atoms. The van der Waals surface area contributed by atoms with Crippen molar-refractivity contribution in [3.05, 3.63) is 65.5 Å². The Labute approximate surface area is 173 Å². The van der Waals surface area contributed by atoms with Crippen LogP contribution in [0.25, 0.3) is 0 Å². The number of para-hydroxylation sites is 1. The van der Waals surface area contributed by atoms with Gasteiger partial charge in [-0.05, 0) is 12.1 Å². The predicted octanol–water partition coefficient (Wildman–Crippen LogP) is 2.74. The van der Waals surface area contributed by atoms with Crippen molar-refractivity contribution in [2.75, 3.05) is 11.0 Å². The first kappa shape index (κ1) is 21.4. The second-order valence-corrected chi connectivity index (χ2v) is 8.59. The zero-order valence-corrected chi connectivity index (χ0v) is 16.9. The Morgan fingerprint density at radius 1 is 1.17 bits per heavy atom. The number of rotatable bonds is 7. The summed E-state index contributed by atoms with van der Waals surface area (Å²) in [6, 6.07) is 11.8. The van der Waals surface area contributed by atoms with Crippen molar-refractivity contribution in [1.82, 2.24) is 5.01 Å². The highest BCUT2D eigenvalue weighted by molar-refractivity contribution is 7.92. The fourth-order valence-electron chi connectivity index (χ4n) is 3.24. The number of hydrogen-bond acceptors (Lipinski definition) is 5. The maximum atomic E-state index is 14.4. The normalized spacial score (nSPS) is 16.3. The Bertz CT molecular complexity index is 1120. The van der Waals surface area contributed by atoms with E-state index in [0.717, 1.165) is 11.3 Å². The number of benzene rings is 2. The van der Waals surface area contributed by atoms with Crippen LogP contribution in [0.1, 0.15) is 36.4 Å². The molecule has 0 bridgehead atoms. The first-order valence-corrected chi connectivity index (χ1v) is 11.0. The molecule has 0 radical (unpaired) electrons. The molecule has 0 saturated heterocycles. The lowest BCUT2D eigenvalue weighted by Crippen LogP contribution is -2.28. The van der Waals surface area contributed by atoms with Gasteiger partial charge < -0.3 is 5.11 Å². The van der Waals surface area contributed by atoms with Crippen molar-refractivity contribution in [3.8, 4) is 0 Å².